The van der Waals surface area contributed by atoms with Crippen LogP contribution in [0.5, 0.6) is 0 Å². The quantitative estimate of drug-likeness (QED) is 0.879. The van der Waals surface area contributed by atoms with Gasteiger partial charge in [0, 0.05) is 19.1 Å². The average molecular weight is 246 g/mol. The van der Waals surface area contributed by atoms with Crippen molar-refractivity contribution in [1.82, 2.24) is 10.2 Å². The zero-order valence-corrected chi connectivity index (χ0v) is 10.5. The minimum atomic E-state index is -0.174. The minimum absolute atomic E-state index is 0.174. The third-order valence-electron chi connectivity index (χ3n) is 4.08. The van der Waals surface area contributed by atoms with Crippen molar-refractivity contribution in [3.05, 3.63) is 41.7 Å². The molecule has 1 aromatic rings. The van der Waals surface area contributed by atoms with E-state index >= 15 is 0 Å². The Morgan fingerprint density at radius 1 is 1.28 bits per heavy atom. The molecule has 2 atom stereocenters. The lowest BCUT2D eigenvalue weighted by Crippen LogP contribution is -2.34. The van der Waals surface area contributed by atoms with E-state index in [9.17, 15) is 4.39 Å². The Kier molecular flexibility index (Phi) is 3.43. The van der Waals surface area contributed by atoms with Crippen LogP contribution in [0.15, 0.2) is 30.3 Å². The molecular formula is C15H19FN2. The summed E-state index contributed by atoms with van der Waals surface area (Å²) < 4.78 is 12.8. The lowest BCUT2D eigenvalue weighted by atomic mass is 10.1. The highest BCUT2D eigenvalue weighted by Gasteiger charge is 2.36. The highest BCUT2D eigenvalue weighted by molar-refractivity contribution is 5.49. The van der Waals surface area contributed by atoms with Crippen molar-refractivity contribution in [2.24, 2.45) is 5.92 Å². The monoisotopic (exact) mass is 246 g/mol. The van der Waals surface area contributed by atoms with E-state index in [2.05, 4.69) is 22.4 Å². The predicted molar refractivity (Wildman–Crippen MR) is 71.8 cm³/mol. The van der Waals surface area contributed by atoms with Gasteiger partial charge in [-0.1, -0.05) is 24.3 Å². The van der Waals surface area contributed by atoms with Gasteiger partial charge >= 0.3 is 0 Å². The van der Waals surface area contributed by atoms with E-state index < -0.39 is 0 Å². The number of hydrogen-bond donors (Lipinski definition) is 1. The third-order valence-corrected chi connectivity index (χ3v) is 4.08. The van der Waals surface area contributed by atoms with Gasteiger partial charge in [0.1, 0.15) is 5.82 Å². The van der Waals surface area contributed by atoms with Gasteiger partial charge < -0.3 is 5.32 Å². The lowest BCUT2D eigenvalue weighted by molar-refractivity contribution is 0.279. The molecule has 0 spiro atoms. The maximum Gasteiger partial charge on any atom is 0.123 e. The molecule has 0 saturated carbocycles. The summed E-state index contributed by atoms with van der Waals surface area (Å²) >= 11 is 0. The van der Waals surface area contributed by atoms with Gasteiger partial charge in [-0.15, -0.1) is 0 Å². The molecular weight excluding hydrogens is 227 g/mol. The first-order chi connectivity index (χ1) is 8.83. The van der Waals surface area contributed by atoms with Gasteiger partial charge in [-0.2, -0.15) is 0 Å². The van der Waals surface area contributed by atoms with Crippen LogP contribution in [0.25, 0.3) is 6.08 Å². The minimum Gasteiger partial charge on any atom is -0.315 e. The largest absolute Gasteiger partial charge is 0.315 e. The number of halogens is 1. The van der Waals surface area contributed by atoms with Gasteiger partial charge in [0.05, 0.1) is 0 Å². The molecule has 18 heavy (non-hydrogen) atoms. The Morgan fingerprint density at radius 2 is 2.11 bits per heavy atom. The lowest BCUT2D eigenvalue weighted by Gasteiger charge is -2.21. The SMILES string of the molecule is Fc1ccc(/C=C/CN2CC[C@H]3CNC[C@H]32)cc1. The summed E-state index contributed by atoms with van der Waals surface area (Å²) in [4.78, 5) is 2.55. The van der Waals surface area contributed by atoms with Gasteiger partial charge in [0.15, 0.2) is 0 Å². The van der Waals surface area contributed by atoms with E-state index in [1.807, 2.05) is 12.1 Å². The molecule has 96 valence electrons. The van der Waals surface area contributed by atoms with Crippen molar-refractivity contribution in [2.75, 3.05) is 26.2 Å². The van der Waals surface area contributed by atoms with Crippen LogP contribution in [0, 0.1) is 11.7 Å². The predicted octanol–water partition coefficient (Wildman–Crippen LogP) is 2.13. The summed E-state index contributed by atoms with van der Waals surface area (Å²) in [7, 11) is 0. The second kappa shape index (κ2) is 5.21. The first-order valence-electron chi connectivity index (χ1n) is 6.70. The second-order valence-corrected chi connectivity index (χ2v) is 5.22. The molecule has 1 aromatic carbocycles. The number of nitrogens with one attached hydrogen (secondary N) is 1. The number of nitrogens with zero attached hydrogens (tertiary/aromatic N) is 1. The van der Waals surface area contributed by atoms with E-state index in [1.54, 1.807) is 0 Å². The molecule has 1 N–H and O–H groups in total. The van der Waals surface area contributed by atoms with E-state index in [0.29, 0.717) is 0 Å². The smallest absolute Gasteiger partial charge is 0.123 e. The van der Waals surface area contributed by atoms with Gasteiger partial charge in [0.25, 0.3) is 0 Å². The van der Waals surface area contributed by atoms with Crippen molar-refractivity contribution in [2.45, 2.75) is 12.5 Å². The highest BCUT2D eigenvalue weighted by Crippen LogP contribution is 2.26. The van der Waals surface area contributed by atoms with Gasteiger partial charge in [0.2, 0.25) is 0 Å². The summed E-state index contributed by atoms with van der Waals surface area (Å²) in [6.45, 7) is 4.53. The molecule has 3 heteroatoms. The fourth-order valence-electron chi connectivity index (χ4n) is 3.06. The zero-order chi connectivity index (χ0) is 12.4. The number of likely N-dealkylation sites (tertiary alicyclic amines) is 1. The van der Waals surface area contributed by atoms with Crippen molar-refractivity contribution in [3.8, 4) is 0 Å². The molecule has 2 nitrogen and oxygen atoms in total. The maximum atomic E-state index is 12.8. The Morgan fingerprint density at radius 3 is 2.94 bits per heavy atom. The topological polar surface area (TPSA) is 15.3 Å². The molecule has 0 aromatic heterocycles. The molecule has 2 aliphatic heterocycles. The summed E-state index contributed by atoms with van der Waals surface area (Å²) in [5.74, 6) is 0.677. The molecule has 2 fully saturated rings. The van der Waals surface area contributed by atoms with Crippen molar-refractivity contribution in [3.63, 3.8) is 0 Å². The average Bonchev–Trinajstić information content (AvgIpc) is 2.96. The van der Waals surface area contributed by atoms with Crippen molar-refractivity contribution in [1.29, 1.82) is 0 Å². The molecule has 2 aliphatic rings. The summed E-state index contributed by atoms with van der Waals surface area (Å²) in [6.07, 6.45) is 5.59. The van der Waals surface area contributed by atoms with E-state index in [4.69, 9.17) is 0 Å². The number of benzene rings is 1. The molecule has 0 radical (unpaired) electrons. The number of rotatable bonds is 3. The van der Waals surface area contributed by atoms with E-state index in [0.717, 1.165) is 30.6 Å². The van der Waals surface area contributed by atoms with Crippen LogP contribution in [0.1, 0.15) is 12.0 Å². The Bertz CT molecular complexity index is 427. The second-order valence-electron chi connectivity index (χ2n) is 5.22. The van der Waals surface area contributed by atoms with Crippen molar-refractivity contribution < 1.29 is 4.39 Å². The first-order valence-corrected chi connectivity index (χ1v) is 6.70. The van der Waals surface area contributed by atoms with E-state index in [1.165, 1.54) is 31.6 Å². The maximum absolute atomic E-state index is 12.8. The van der Waals surface area contributed by atoms with Crippen LogP contribution in [0.2, 0.25) is 0 Å². The summed E-state index contributed by atoms with van der Waals surface area (Å²) in [5, 5.41) is 3.46. The number of hydrogen-bond acceptors (Lipinski definition) is 2. The van der Waals surface area contributed by atoms with Crippen LogP contribution in [-0.4, -0.2) is 37.1 Å². The van der Waals surface area contributed by atoms with Crippen LogP contribution in [0.4, 0.5) is 4.39 Å². The van der Waals surface area contributed by atoms with Crippen LogP contribution < -0.4 is 5.32 Å². The molecule has 0 unspecified atom stereocenters. The standard InChI is InChI=1S/C15H19FN2/c16-14-5-3-12(4-6-14)2-1-8-18-9-7-13-10-17-11-15(13)18/h1-6,13,15,17H,7-11H2/b2-1+/t13-,15+/m0/s1. The summed E-state index contributed by atoms with van der Waals surface area (Å²) in [5.41, 5.74) is 1.07. The molecule has 0 bridgehead atoms. The zero-order valence-electron chi connectivity index (χ0n) is 10.5. The Hall–Kier alpha value is -1.19. The molecule has 0 aliphatic carbocycles. The van der Waals surface area contributed by atoms with Crippen LogP contribution in [0.3, 0.4) is 0 Å². The highest BCUT2D eigenvalue weighted by atomic mass is 19.1. The van der Waals surface area contributed by atoms with Crippen LogP contribution >= 0.6 is 0 Å². The van der Waals surface area contributed by atoms with Gasteiger partial charge in [-0.25, -0.2) is 4.39 Å². The van der Waals surface area contributed by atoms with Crippen molar-refractivity contribution >= 4 is 6.08 Å². The Balaban J connectivity index is 1.56. The number of fused-ring (bicyclic) bond motifs is 1. The summed E-state index contributed by atoms with van der Waals surface area (Å²) in [6, 6.07) is 7.37. The first kappa shape index (κ1) is 11.9. The molecule has 3 rings (SSSR count). The molecule has 2 heterocycles. The fourth-order valence-corrected chi connectivity index (χ4v) is 3.06. The van der Waals surface area contributed by atoms with Gasteiger partial charge in [-0.05, 0) is 43.1 Å². The van der Waals surface area contributed by atoms with Crippen LogP contribution in [-0.2, 0) is 0 Å². The Labute approximate surface area is 107 Å². The normalized spacial score (nSPS) is 28.1. The third kappa shape index (κ3) is 2.47. The molecule has 2 saturated heterocycles. The molecule has 0 amide bonds. The fraction of sp³-hybridized carbons (Fsp3) is 0.467. The van der Waals surface area contributed by atoms with E-state index in [-0.39, 0.29) is 5.82 Å². The van der Waals surface area contributed by atoms with Gasteiger partial charge in [-0.3, -0.25) is 4.90 Å².